The van der Waals surface area contributed by atoms with Crippen molar-refractivity contribution in [2.45, 2.75) is 19.6 Å². The van der Waals surface area contributed by atoms with E-state index in [0.717, 1.165) is 19.2 Å². The maximum Gasteiger partial charge on any atom is 0.416 e. The third-order valence-electron chi connectivity index (χ3n) is 7.28. The number of nitrogens with zero attached hydrogens (tertiary/aromatic N) is 3. The number of primary amides is 1. The largest absolute Gasteiger partial charge is 0.416 e. The number of piperazine rings is 1. The summed E-state index contributed by atoms with van der Waals surface area (Å²) in [4.78, 5) is 35.0. The van der Waals surface area contributed by atoms with Gasteiger partial charge in [0, 0.05) is 72.6 Å². The highest BCUT2D eigenvalue weighted by Crippen LogP contribution is 2.38. The van der Waals surface area contributed by atoms with Gasteiger partial charge in [0.1, 0.15) is 5.65 Å². The minimum atomic E-state index is -4.60. The van der Waals surface area contributed by atoms with Crippen molar-refractivity contribution < 1.29 is 18.0 Å². The number of aromatic amines is 1. The van der Waals surface area contributed by atoms with Gasteiger partial charge in [-0.05, 0) is 54.9 Å². The molecular formula is C31H28F3N5O2. The number of nitrogens with one attached hydrogen (secondary N) is 1. The van der Waals surface area contributed by atoms with Gasteiger partial charge in [-0.1, -0.05) is 30.0 Å². The first-order valence-corrected chi connectivity index (χ1v) is 13.1. The van der Waals surface area contributed by atoms with Crippen LogP contribution in [0.1, 0.15) is 38.2 Å². The van der Waals surface area contributed by atoms with Crippen LogP contribution in [-0.4, -0.2) is 58.9 Å². The molecule has 7 nitrogen and oxygen atoms in total. The number of nitrogens with two attached hydrogens (primary N) is 1. The molecule has 41 heavy (non-hydrogen) atoms. The Morgan fingerprint density at radius 1 is 1.05 bits per heavy atom. The molecule has 0 unspecified atom stereocenters. The SMILES string of the molecule is Cc1ccc(C(N)=O)c(-c2ccc(CN3CCN(C)CC3)c(C(F)(F)F)c2)c1C#Cc1cnc2[nH]c(=O)ccc2c1. The molecule has 0 spiro atoms. The summed E-state index contributed by atoms with van der Waals surface area (Å²) in [5, 5.41) is 0.671. The number of pyridine rings is 2. The van der Waals surface area contributed by atoms with E-state index in [4.69, 9.17) is 5.73 Å². The quantitative estimate of drug-likeness (QED) is 0.366. The van der Waals surface area contributed by atoms with Gasteiger partial charge in [0.05, 0.1) is 5.56 Å². The second-order valence-corrected chi connectivity index (χ2v) is 10.2. The van der Waals surface area contributed by atoms with Crippen molar-refractivity contribution in [2.24, 2.45) is 5.73 Å². The van der Waals surface area contributed by atoms with E-state index in [9.17, 15) is 22.8 Å². The maximum atomic E-state index is 14.3. The summed E-state index contributed by atoms with van der Waals surface area (Å²) in [5.74, 6) is 5.29. The second-order valence-electron chi connectivity index (χ2n) is 10.2. The summed E-state index contributed by atoms with van der Waals surface area (Å²) in [6.07, 6.45) is -3.11. The van der Waals surface area contributed by atoms with E-state index in [2.05, 4.69) is 26.7 Å². The molecule has 0 atom stereocenters. The molecule has 210 valence electrons. The summed E-state index contributed by atoms with van der Waals surface area (Å²) in [6.45, 7) is 4.88. The van der Waals surface area contributed by atoms with E-state index in [1.807, 2.05) is 11.9 Å². The van der Waals surface area contributed by atoms with E-state index in [-0.39, 0.29) is 34.4 Å². The molecule has 0 radical (unpaired) electrons. The third kappa shape index (κ3) is 6.16. The lowest BCUT2D eigenvalue weighted by atomic mass is 9.89. The number of amides is 1. The molecular weight excluding hydrogens is 531 g/mol. The lowest BCUT2D eigenvalue weighted by Crippen LogP contribution is -2.44. The van der Waals surface area contributed by atoms with E-state index in [1.54, 1.807) is 31.2 Å². The fourth-order valence-corrected chi connectivity index (χ4v) is 4.99. The molecule has 1 saturated heterocycles. The molecule has 3 N–H and O–H groups in total. The van der Waals surface area contributed by atoms with Crippen molar-refractivity contribution >= 4 is 16.9 Å². The van der Waals surface area contributed by atoms with E-state index in [0.29, 0.717) is 40.8 Å². The van der Waals surface area contributed by atoms with Gasteiger partial charge in [-0.2, -0.15) is 13.2 Å². The van der Waals surface area contributed by atoms with Gasteiger partial charge in [0.15, 0.2) is 0 Å². The molecule has 1 aliphatic heterocycles. The first-order valence-electron chi connectivity index (χ1n) is 13.1. The first kappa shape index (κ1) is 28.1. The first-order chi connectivity index (χ1) is 19.5. The molecule has 5 rings (SSSR count). The highest BCUT2D eigenvalue weighted by Gasteiger charge is 2.34. The standard InChI is InChI=1S/C31H28F3N5O2/c1-19-3-8-25(29(35)41)28(24(19)9-4-20-15-22-7-10-27(40)37-30(22)36-17-20)21-5-6-23(26(16-21)31(32,33)34)18-39-13-11-38(2)12-14-39/h3,5-8,10,15-17H,11-14,18H2,1-2H3,(H2,35,41)(H,36,37,40). The third-order valence-corrected chi connectivity index (χ3v) is 7.28. The van der Waals surface area contributed by atoms with Crippen molar-refractivity contribution in [3.05, 3.63) is 98.5 Å². The predicted molar refractivity (Wildman–Crippen MR) is 151 cm³/mol. The molecule has 1 fully saturated rings. The predicted octanol–water partition coefficient (Wildman–Crippen LogP) is 4.16. The van der Waals surface area contributed by atoms with Crippen molar-refractivity contribution in [1.82, 2.24) is 19.8 Å². The molecule has 1 amide bonds. The topological polar surface area (TPSA) is 95.3 Å². The highest BCUT2D eigenvalue weighted by molar-refractivity contribution is 6.01. The van der Waals surface area contributed by atoms with Crippen LogP contribution >= 0.6 is 0 Å². The Hall–Kier alpha value is -4.46. The second kappa shape index (κ2) is 11.2. The van der Waals surface area contributed by atoms with Crippen LogP contribution in [0.2, 0.25) is 0 Å². The Labute approximate surface area is 234 Å². The Morgan fingerprint density at radius 2 is 1.80 bits per heavy atom. The van der Waals surface area contributed by atoms with Crippen LogP contribution in [0, 0.1) is 18.8 Å². The van der Waals surface area contributed by atoms with Gasteiger partial charge in [0.2, 0.25) is 11.5 Å². The van der Waals surface area contributed by atoms with Crippen LogP contribution in [0.4, 0.5) is 13.2 Å². The molecule has 3 heterocycles. The summed E-state index contributed by atoms with van der Waals surface area (Å²) in [6, 6.07) is 12.1. The van der Waals surface area contributed by atoms with Crippen molar-refractivity contribution in [1.29, 1.82) is 0 Å². The molecule has 2 aromatic heterocycles. The van der Waals surface area contributed by atoms with Gasteiger partial charge < -0.3 is 15.6 Å². The molecule has 0 saturated carbocycles. The fourth-order valence-electron chi connectivity index (χ4n) is 4.99. The molecule has 0 bridgehead atoms. The van der Waals surface area contributed by atoms with Crippen molar-refractivity contribution in [3.8, 4) is 23.0 Å². The van der Waals surface area contributed by atoms with Gasteiger partial charge >= 0.3 is 6.18 Å². The lowest BCUT2D eigenvalue weighted by molar-refractivity contribution is -0.138. The number of alkyl halides is 3. The number of hydrogen-bond acceptors (Lipinski definition) is 5. The highest BCUT2D eigenvalue weighted by atomic mass is 19.4. The van der Waals surface area contributed by atoms with Crippen molar-refractivity contribution in [2.75, 3.05) is 33.2 Å². The van der Waals surface area contributed by atoms with Crippen LogP contribution in [0.5, 0.6) is 0 Å². The summed E-state index contributed by atoms with van der Waals surface area (Å²) >= 11 is 0. The van der Waals surface area contributed by atoms with Crippen LogP contribution in [0.3, 0.4) is 0 Å². The number of benzene rings is 2. The number of aromatic nitrogens is 2. The minimum Gasteiger partial charge on any atom is -0.366 e. The van der Waals surface area contributed by atoms with Gasteiger partial charge in [0.25, 0.3) is 0 Å². The van der Waals surface area contributed by atoms with E-state index < -0.39 is 17.6 Å². The van der Waals surface area contributed by atoms with E-state index >= 15 is 0 Å². The molecule has 0 aliphatic carbocycles. The molecule has 1 aliphatic rings. The number of fused-ring (bicyclic) bond motifs is 1. The van der Waals surface area contributed by atoms with Gasteiger partial charge in [-0.15, -0.1) is 0 Å². The Morgan fingerprint density at radius 3 is 2.51 bits per heavy atom. The van der Waals surface area contributed by atoms with Crippen LogP contribution in [0.25, 0.3) is 22.2 Å². The van der Waals surface area contributed by atoms with E-state index in [1.165, 1.54) is 24.4 Å². The average Bonchev–Trinajstić information content (AvgIpc) is 2.93. The Kier molecular flexibility index (Phi) is 7.67. The zero-order chi connectivity index (χ0) is 29.3. The average molecular weight is 560 g/mol. The maximum absolute atomic E-state index is 14.3. The van der Waals surface area contributed by atoms with Gasteiger partial charge in [-0.3, -0.25) is 14.5 Å². The normalized spacial score (nSPS) is 14.6. The number of carbonyl (C=O) groups excluding carboxylic acids is 1. The lowest BCUT2D eigenvalue weighted by Gasteiger charge is -2.33. The number of aryl methyl sites for hydroxylation is 1. The zero-order valence-electron chi connectivity index (χ0n) is 22.6. The fraction of sp³-hybridized carbons (Fsp3) is 0.258. The zero-order valence-corrected chi connectivity index (χ0v) is 22.6. The monoisotopic (exact) mass is 559 g/mol. The number of carbonyl (C=O) groups is 1. The summed E-state index contributed by atoms with van der Waals surface area (Å²) in [7, 11) is 1.99. The molecule has 10 heteroatoms. The number of rotatable bonds is 4. The minimum absolute atomic E-state index is 0.0778. The molecule has 4 aromatic rings. The number of halogens is 3. The van der Waals surface area contributed by atoms with Crippen LogP contribution < -0.4 is 11.3 Å². The number of hydrogen-bond donors (Lipinski definition) is 2. The summed E-state index contributed by atoms with van der Waals surface area (Å²) < 4.78 is 43.0. The Bertz CT molecular complexity index is 1760. The summed E-state index contributed by atoms with van der Waals surface area (Å²) in [5.41, 5.74) is 7.36. The van der Waals surface area contributed by atoms with Gasteiger partial charge in [-0.25, -0.2) is 4.98 Å². The number of H-pyrrole nitrogens is 1. The van der Waals surface area contributed by atoms with Crippen LogP contribution in [0.15, 0.2) is 59.5 Å². The Balaban J connectivity index is 1.61. The van der Waals surface area contributed by atoms with Crippen LogP contribution in [-0.2, 0) is 12.7 Å². The number of likely N-dealkylation sites (N-methyl/N-ethyl adjacent to an activating group) is 1. The smallest absolute Gasteiger partial charge is 0.366 e. The molecule has 2 aromatic carbocycles. The van der Waals surface area contributed by atoms with Crippen molar-refractivity contribution in [3.63, 3.8) is 0 Å².